The van der Waals surface area contributed by atoms with Crippen molar-refractivity contribution in [2.75, 3.05) is 0 Å². The van der Waals surface area contributed by atoms with Crippen molar-refractivity contribution in [3.63, 3.8) is 0 Å². The van der Waals surface area contributed by atoms with Gasteiger partial charge in [0.1, 0.15) is 22.2 Å². The number of carboxylic acids is 2. The van der Waals surface area contributed by atoms with Crippen LogP contribution in [0.1, 0.15) is 20.7 Å². The highest BCUT2D eigenvalue weighted by Crippen LogP contribution is 2.26. The molecule has 10 nitrogen and oxygen atoms in total. The number of aromatic hydroxyl groups is 1. The molecule has 4 rings (SSSR count). The van der Waals surface area contributed by atoms with Gasteiger partial charge in [-0.25, -0.2) is 19.6 Å². The van der Waals surface area contributed by atoms with Crippen LogP contribution in [0.3, 0.4) is 0 Å². The molecule has 37 heavy (non-hydrogen) atoms. The van der Waals surface area contributed by atoms with Crippen molar-refractivity contribution in [1.29, 1.82) is 0 Å². The van der Waals surface area contributed by atoms with Gasteiger partial charge < -0.3 is 20.1 Å². The average molecular weight is 607 g/mol. The molecule has 0 aliphatic rings. The number of pyridine rings is 4. The molecule has 0 saturated heterocycles. The first-order valence-electron chi connectivity index (χ1n) is 9.47. The maximum atomic E-state index is 11.0. The number of aromatic carboxylic acids is 2. The van der Waals surface area contributed by atoms with Crippen molar-refractivity contribution in [3.8, 4) is 17.4 Å². The number of halogens is 5. The van der Waals surface area contributed by atoms with Gasteiger partial charge in [0, 0.05) is 36.9 Å². The quantitative estimate of drug-likeness (QED) is 0.211. The molecule has 0 fully saturated rings. The fourth-order valence-corrected chi connectivity index (χ4v) is 3.03. The van der Waals surface area contributed by atoms with Crippen LogP contribution in [0.5, 0.6) is 17.4 Å². The van der Waals surface area contributed by atoms with E-state index in [1.807, 2.05) is 0 Å². The minimum absolute atomic E-state index is 0.0538. The van der Waals surface area contributed by atoms with Gasteiger partial charge in [-0.15, -0.1) is 0 Å². The lowest BCUT2D eigenvalue weighted by Crippen LogP contribution is -2.02. The number of rotatable bonds is 4. The molecule has 0 bridgehead atoms. The van der Waals surface area contributed by atoms with Crippen LogP contribution in [-0.2, 0) is 0 Å². The number of nitrogens with zero attached hydrogens (tertiary/aromatic N) is 4. The standard InChI is InChI=1S/C11H6Cl2N2O3.C6H3Cl2NO2.C5H4ClNO/c12-6-1-8(5-14-3-6)18-10-9(11(16)17)2-7(13)4-15-10;7-3-1-4(6(10)11)5(8)9-2-3;6-4-1-5(8)3-7-2-4/h1-5H,(H,16,17);1-2H,(H,10,11);1-3,8H. The lowest BCUT2D eigenvalue weighted by Gasteiger charge is -2.07. The third-order valence-electron chi connectivity index (χ3n) is 3.67. The Morgan fingerprint density at radius 1 is 0.649 bits per heavy atom. The highest BCUT2D eigenvalue weighted by atomic mass is 35.5. The second-order valence-electron chi connectivity index (χ2n) is 6.41. The lowest BCUT2D eigenvalue weighted by molar-refractivity contribution is 0.0683. The van der Waals surface area contributed by atoms with Crippen molar-refractivity contribution in [2.24, 2.45) is 0 Å². The molecular formula is C22H13Cl5N4O6. The Bertz CT molecular complexity index is 1390. The van der Waals surface area contributed by atoms with Crippen molar-refractivity contribution in [3.05, 3.63) is 97.8 Å². The van der Waals surface area contributed by atoms with E-state index in [1.165, 1.54) is 61.4 Å². The van der Waals surface area contributed by atoms with Crippen LogP contribution in [0.25, 0.3) is 0 Å². The summed E-state index contributed by atoms with van der Waals surface area (Å²) in [4.78, 5) is 36.2. The highest BCUT2D eigenvalue weighted by Gasteiger charge is 2.15. The molecule has 0 radical (unpaired) electrons. The molecule has 0 amide bonds. The predicted molar refractivity (Wildman–Crippen MR) is 138 cm³/mol. The Morgan fingerprint density at radius 3 is 1.65 bits per heavy atom. The molecule has 4 heterocycles. The SMILES string of the molecule is O=C(O)c1cc(Cl)cnc1Cl.O=C(O)c1cc(Cl)cnc1Oc1cncc(Cl)c1.Oc1cncc(Cl)c1. The zero-order chi connectivity index (χ0) is 27.5. The molecule has 4 aromatic rings. The van der Waals surface area contributed by atoms with Gasteiger partial charge in [-0.1, -0.05) is 58.0 Å². The van der Waals surface area contributed by atoms with Gasteiger partial charge in [0.25, 0.3) is 0 Å². The Morgan fingerprint density at radius 2 is 1.16 bits per heavy atom. The van der Waals surface area contributed by atoms with Gasteiger partial charge in [-0.2, -0.15) is 0 Å². The summed E-state index contributed by atoms with van der Waals surface area (Å²) in [7, 11) is 0. The second-order valence-corrected chi connectivity index (χ2v) is 8.51. The van der Waals surface area contributed by atoms with Crippen LogP contribution in [0, 0.1) is 0 Å². The topological polar surface area (TPSA) is 156 Å². The monoisotopic (exact) mass is 604 g/mol. The Kier molecular flexibility index (Phi) is 11.6. The molecular weight excluding hydrogens is 594 g/mol. The fraction of sp³-hybridized carbons (Fsp3) is 0. The van der Waals surface area contributed by atoms with E-state index in [-0.39, 0.29) is 38.0 Å². The van der Waals surface area contributed by atoms with Crippen molar-refractivity contribution in [2.45, 2.75) is 0 Å². The van der Waals surface area contributed by atoms with Crippen molar-refractivity contribution in [1.82, 2.24) is 19.9 Å². The number of aromatic nitrogens is 4. The van der Waals surface area contributed by atoms with Gasteiger partial charge in [0.05, 0.1) is 38.0 Å². The molecule has 0 aliphatic heterocycles. The second kappa shape index (κ2) is 14.4. The number of carbonyl (C=O) groups is 2. The van der Waals surface area contributed by atoms with Crippen LogP contribution >= 0.6 is 58.0 Å². The van der Waals surface area contributed by atoms with Gasteiger partial charge in [-0.3, -0.25) is 9.97 Å². The van der Waals surface area contributed by atoms with Crippen molar-refractivity contribution >= 4 is 69.9 Å². The molecule has 0 spiro atoms. The van der Waals surface area contributed by atoms with Gasteiger partial charge in [-0.05, 0) is 12.1 Å². The Labute approximate surface area is 234 Å². The average Bonchev–Trinajstić information content (AvgIpc) is 2.82. The first-order chi connectivity index (χ1) is 17.5. The van der Waals surface area contributed by atoms with E-state index in [0.717, 1.165) is 0 Å². The minimum atomic E-state index is -1.19. The number of hydrogen-bond donors (Lipinski definition) is 3. The molecule has 0 saturated carbocycles. The largest absolute Gasteiger partial charge is 0.506 e. The molecule has 15 heteroatoms. The third kappa shape index (κ3) is 10.2. The van der Waals surface area contributed by atoms with Crippen LogP contribution in [0.15, 0.2) is 61.4 Å². The summed E-state index contributed by atoms with van der Waals surface area (Å²) in [6, 6.07) is 5.43. The molecule has 0 aliphatic carbocycles. The molecule has 192 valence electrons. The van der Waals surface area contributed by atoms with E-state index in [2.05, 4.69) is 19.9 Å². The first-order valence-corrected chi connectivity index (χ1v) is 11.4. The fourth-order valence-electron chi connectivity index (χ4n) is 2.19. The Balaban J connectivity index is 0.000000215. The molecule has 0 atom stereocenters. The van der Waals surface area contributed by atoms with Gasteiger partial charge in [0.15, 0.2) is 0 Å². The third-order valence-corrected chi connectivity index (χ3v) is 4.80. The molecule has 0 aromatic carbocycles. The minimum Gasteiger partial charge on any atom is -0.506 e. The number of hydrogen-bond acceptors (Lipinski definition) is 8. The van der Waals surface area contributed by atoms with E-state index in [1.54, 1.807) is 0 Å². The summed E-state index contributed by atoms with van der Waals surface area (Å²) in [5, 5.41) is 27.4. The Hall–Kier alpha value is -3.41. The van der Waals surface area contributed by atoms with Crippen LogP contribution in [0.2, 0.25) is 25.2 Å². The summed E-state index contributed by atoms with van der Waals surface area (Å²) in [5.41, 5.74) is -0.221. The van der Waals surface area contributed by atoms with Crippen LogP contribution in [0.4, 0.5) is 0 Å². The molecule has 0 unspecified atom stereocenters. The van der Waals surface area contributed by atoms with Crippen LogP contribution < -0.4 is 4.74 Å². The van der Waals surface area contributed by atoms with E-state index in [0.29, 0.717) is 15.8 Å². The smallest absolute Gasteiger partial charge is 0.341 e. The summed E-state index contributed by atoms with van der Waals surface area (Å²) >= 11 is 27.8. The summed E-state index contributed by atoms with van der Waals surface area (Å²) in [6.45, 7) is 0. The highest BCUT2D eigenvalue weighted by molar-refractivity contribution is 6.34. The summed E-state index contributed by atoms with van der Waals surface area (Å²) < 4.78 is 5.31. The van der Waals surface area contributed by atoms with E-state index >= 15 is 0 Å². The number of carboxylic acid groups (broad SMARTS) is 2. The van der Waals surface area contributed by atoms with E-state index in [4.69, 9.17) is 78.1 Å². The van der Waals surface area contributed by atoms with Gasteiger partial charge >= 0.3 is 11.9 Å². The number of ether oxygens (including phenoxy) is 1. The maximum absolute atomic E-state index is 11.0. The summed E-state index contributed by atoms with van der Waals surface area (Å²) in [6.07, 6.45) is 8.19. The zero-order valence-electron chi connectivity index (χ0n) is 18.0. The first kappa shape index (κ1) is 29.8. The van der Waals surface area contributed by atoms with Crippen molar-refractivity contribution < 1.29 is 29.6 Å². The van der Waals surface area contributed by atoms with E-state index < -0.39 is 11.9 Å². The van der Waals surface area contributed by atoms with E-state index in [9.17, 15) is 9.59 Å². The molecule has 4 aromatic heterocycles. The van der Waals surface area contributed by atoms with Gasteiger partial charge in [0.2, 0.25) is 5.88 Å². The summed E-state index contributed by atoms with van der Waals surface area (Å²) in [5.74, 6) is -2.01. The normalized spacial score (nSPS) is 9.76. The lowest BCUT2D eigenvalue weighted by atomic mass is 10.3. The van der Waals surface area contributed by atoms with Crippen LogP contribution in [-0.4, -0.2) is 47.2 Å². The zero-order valence-corrected chi connectivity index (χ0v) is 21.8. The predicted octanol–water partition coefficient (Wildman–Crippen LogP) is 6.80. The maximum Gasteiger partial charge on any atom is 0.341 e. The molecule has 3 N–H and O–H groups in total.